The number of hydrogen-bond donors (Lipinski definition) is 0. The molecule has 0 amide bonds. The van der Waals surface area contributed by atoms with Crippen molar-refractivity contribution in [1.82, 2.24) is 0 Å². The SMILES string of the molecule is COC(=O)CSCC(=O)c1cc(Cl)ccc1Cl. The fourth-order valence-electron chi connectivity index (χ4n) is 1.07. The van der Waals surface area contributed by atoms with Gasteiger partial charge in [-0.3, -0.25) is 9.59 Å². The Hall–Kier alpha value is -0.710. The van der Waals surface area contributed by atoms with Gasteiger partial charge >= 0.3 is 5.97 Å². The summed E-state index contributed by atoms with van der Waals surface area (Å²) in [7, 11) is 1.30. The summed E-state index contributed by atoms with van der Waals surface area (Å²) in [6, 6.07) is 4.70. The van der Waals surface area contributed by atoms with Crippen LogP contribution >= 0.6 is 35.0 Å². The molecule has 92 valence electrons. The van der Waals surface area contributed by atoms with Gasteiger partial charge in [0.25, 0.3) is 0 Å². The van der Waals surface area contributed by atoms with Gasteiger partial charge in [-0.05, 0) is 18.2 Å². The Labute approximate surface area is 113 Å². The minimum Gasteiger partial charge on any atom is -0.468 e. The highest BCUT2D eigenvalue weighted by Gasteiger charge is 2.12. The van der Waals surface area contributed by atoms with E-state index in [9.17, 15) is 9.59 Å². The first kappa shape index (κ1) is 14.4. The third-order valence-electron chi connectivity index (χ3n) is 1.91. The molecular formula is C11H10Cl2O3S. The number of ether oxygens (including phenoxy) is 1. The molecule has 0 bridgehead atoms. The van der Waals surface area contributed by atoms with Gasteiger partial charge in [0, 0.05) is 10.6 Å². The molecule has 0 unspecified atom stereocenters. The van der Waals surface area contributed by atoms with Crippen molar-refractivity contribution in [1.29, 1.82) is 0 Å². The van der Waals surface area contributed by atoms with Crippen LogP contribution in [0.25, 0.3) is 0 Å². The van der Waals surface area contributed by atoms with Crippen molar-refractivity contribution >= 4 is 46.7 Å². The standard InChI is InChI=1S/C11H10Cl2O3S/c1-16-11(15)6-17-5-10(14)8-4-7(12)2-3-9(8)13/h2-4H,5-6H2,1H3. The Morgan fingerprint density at radius 3 is 2.65 bits per heavy atom. The van der Waals surface area contributed by atoms with Crippen molar-refractivity contribution < 1.29 is 14.3 Å². The lowest BCUT2D eigenvalue weighted by Crippen LogP contribution is -2.08. The van der Waals surface area contributed by atoms with E-state index in [1.807, 2.05) is 0 Å². The Balaban J connectivity index is 2.58. The van der Waals surface area contributed by atoms with Gasteiger partial charge in [-0.25, -0.2) is 0 Å². The third-order valence-corrected chi connectivity index (χ3v) is 3.38. The summed E-state index contributed by atoms with van der Waals surface area (Å²) < 4.78 is 4.46. The monoisotopic (exact) mass is 292 g/mol. The van der Waals surface area contributed by atoms with Crippen LogP contribution in [0.2, 0.25) is 10.0 Å². The average molecular weight is 293 g/mol. The number of rotatable bonds is 5. The highest BCUT2D eigenvalue weighted by atomic mass is 35.5. The third kappa shape index (κ3) is 4.58. The molecule has 0 saturated carbocycles. The van der Waals surface area contributed by atoms with Crippen LogP contribution in [0.4, 0.5) is 0 Å². The van der Waals surface area contributed by atoms with E-state index in [0.717, 1.165) is 0 Å². The molecular weight excluding hydrogens is 283 g/mol. The van der Waals surface area contributed by atoms with Crippen LogP contribution in [0, 0.1) is 0 Å². The Bertz CT molecular complexity index is 435. The Morgan fingerprint density at radius 1 is 1.29 bits per heavy atom. The van der Waals surface area contributed by atoms with Crippen LogP contribution in [-0.4, -0.2) is 30.4 Å². The summed E-state index contributed by atoms with van der Waals surface area (Å²) in [5, 5.41) is 0.814. The molecule has 1 aromatic rings. The number of methoxy groups -OCH3 is 1. The maximum absolute atomic E-state index is 11.8. The van der Waals surface area contributed by atoms with Gasteiger partial charge in [-0.2, -0.15) is 0 Å². The van der Waals surface area contributed by atoms with Crippen molar-refractivity contribution in [3.8, 4) is 0 Å². The molecule has 1 rings (SSSR count). The van der Waals surface area contributed by atoms with Crippen molar-refractivity contribution in [3.63, 3.8) is 0 Å². The molecule has 0 atom stereocenters. The average Bonchev–Trinajstić information content (AvgIpc) is 2.31. The second-order valence-electron chi connectivity index (χ2n) is 3.12. The van der Waals surface area contributed by atoms with Crippen LogP contribution < -0.4 is 0 Å². The maximum atomic E-state index is 11.8. The summed E-state index contributed by atoms with van der Waals surface area (Å²) in [6.07, 6.45) is 0. The quantitative estimate of drug-likeness (QED) is 0.618. The molecule has 3 nitrogen and oxygen atoms in total. The van der Waals surface area contributed by atoms with E-state index >= 15 is 0 Å². The van der Waals surface area contributed by atoms with Crippen molar-refractivity contribution in [2.24, 2.45) is 0 Å². The minimum atomic E-state index is -0.361. The highest BCUT2D eigenvalue weighted by Crippen LogP contribution is 2.22. The summed E-state index contributed by atoms with van der Waals surface area (Å²) in [5.41, 5.74) is 0.372. The van der Waals surface area contributed by atoms with E-state index in [0.29, 0.717) is 15.6 Å². The Kier molecular flexibility index (Phi) is 5.82. The fourth-order valence-corrected chi connectivity index (χ4v) is 2.20. The first-order chi connectivity index (χ1) is 8.04. The number of carbonyl (C=O) groups excluding carboxylic acids is 2. The molecule has 0 fully saturated rings. The number of halogens is 2. The van der Waals surface area contributed by atoms with Gasteiger partial charge in [0.15, 0.2) is 5.78 Å². The molecule has 6 heteroatoms. The van der Waals surface area contributed by atoms with Crippen LogP contribution in [0.5, 0.6) is 0 Å². The number of benzene rings is 1. The summed E-state index contributed by atoms with van der Waals surface area (Å²) in [4.78, 5) is 22.6. The van der Waals surface area contributed by atoms with E-state index in [1.54, 1.807) is 12.1 Å². The number of hydrogen-bond acceptors (Lipinski definition) is 4. The topological polar surface area (TPSA) is 43.4 Å². The van der Waals surface area contributed by atoms with E-state index in [1.165, 1.54) is 24.9 Å². The van der Waals surface area contributed by atoms with Gasteiger partial charge in [0.2, 0.25) is 0 Å². The molecule has 0 heterocycles. The van der Waals surface area contributed by atoms with E-state index in [4.69, 9.17) is 23.2 Å². The number of ketones is 1. The molecule has 0 aliphatic carbocycles. The highest BCUT2D eigenvalue weighted by molar-refractivity contribution is 8.00. The van der Waals surface area contributed by atoms with Crippen LogP contribution in [0.1, 0.15) is 10.4 Å². The molecule has 0 aliphatic heterocycles. The van der Waals surface area contributed by atoms with Crippen LogP contribution in [-0.2, 0) is 9.53 Å². The zero-order valence-electron chi connectivity index (χ0n) is 9.04. The summed E-state index contributed by atoms with van der Waals surface area (Å²) >= 11 is 12.8. The number of carbonyl (C=O) groups is 2. The van der Waals surface area contributed by atoms with Crippen molar-refractivity contribution in [2.45, 2.75) is 0 Å². The predicted octanol–water partition coefficient (Wildman–Crippen LogP) is 3.08. The summed E-state index contributed by atoms with van der Waals surface area (Å²) in [6.45, 7) is 0. The molecule has 1 aromatic carbocycles. The van der Waals surface area contributed by atoms with Crippen LogP contribution in [0.3, 0.4) is 0 Å². The molecule has 0 aromatic heterocycles. The lowest BCUT2D eigenvalue weighted by molar-refractivity contribution is -0.137. The smallest absolute Gasteiger partial charge is 0.315 e. The molecule has 0 N–H and O–H groups in total. The lowest BCUT2D eigenvalue weighted by Gasteiger charge is -2.03. The zero-order chi connectivity index (χ0) is 12.8. The Morgan fingerprint density at radius 2 is 2.00 bits per heavy atom. The summed E-state index contributed by atoms with van der Waals surface area (Å²) in [5.74, 6) is -0.221. The van der Waals surface area contributed by atoms with E-state index in [2.05, 4.69) is 4.74 Å². The van der Waals surface area contributed by atoms with Gasteiger partial charge in [-0.15, -0.1) is 11.8 Å². The molecule has 0 saturated heterocycles. The minimum absolute atomic E-state index is 0.139. The normalized spacial score (nSPS) is 10.1. The fraction of sp³-hybridized carbons (Fsp3) is 0.273. The lowest BCUT2D eigenvalue weighted by atomic mass is 10.1. The largest absolute Gasteiger partial charge is 0.468 e. The molecule has 0 radical (unpaired) electrons. The van der Waals surface area contributed by atoms with Gasteiger partial charge in [0.1, 0.15) is 0 Å². The van der Waals surface area contributed by atoms with E-state index < -0.39 is 0 Å². The second kappa shape index (κ2) is 6.89. The molecule has 17 heavy (non-hydrogen) atoms. The van der Waals surface area contributed by atoms with Gasteiger partial charge in [-0.1, -0.05) is 23.2 Å². The zero-order valence-corrected chi connectivity index (χ0v) is 11.4. The molecule has 0 spiro atoms. The maximum Gasteiger partial charge on any atom is 0.315 e. The number of thioether (sulfide) groups is 1. The van der Waals surface area contributed by atoms with Crippen molar-refractivity contribution in [2.75, 3.05) is 18.6 Å². The first-order valence-corrected chi connectivity index (χ1v) is 6.58. The molecule has 0 aliphatic rings. The number of Topliss-reactive ketones (excluding diaryl/α,β-unsaturated/α-hetero) is 1. The van der Waals surface area contributed by atoms with Crippen molar-refractivity contribution in [3.05, 3.63) is 33.8 Å². The van der Waals surface area contributed by atoms with E-state index in [-0.39, 0.29) is 23.3 Å². The van der Waals surface area contributed by atoms with Gasteiger partial charge < -0.3 is 4.74 Å². The number of esters is 1. The second-order valence-corrected chi connectivity index (χ2v) is 4.95. The first-order valence-electron chi connectivity index (χ1n) is 4.67. The predicted molar refractivity (Wildman–Crippen MR) is 70.1 cm³/mol. The van der Waals surface area contributed by atoms with Crippen LogP contribution in [0.15, 0.2) is 18.2 Å². The van der Waals surface area contributed by atoms with Gasteiger partial charge in [0.05, 0.1) is 23.6 Å².